The van der Waals surface area contributed by atoms with Crippen LogP contribution in [0.1, 0.15) is 31.9 Å². The zero-order valence-electron chi connectivity index (χ0n) is 12.0. The van der Waals surface area contributed by atoms with Crippen molar-refractivity contribution in [3.63, 3.8) is 0 Å². The van der Waals surface area contributed by atoms with Crippen LogP contribution in [-0.4, -0.2) is 25.0 Å². The molecule has 3 heteroatoms. The van der Waals surface area contributed by atoms with Gasteiger partial charge >= 0.3 is 0 Å². The normalized spacial score (nSPS) is 11.4. The van der Waals surface area contributed by atoms with Crippen LogP contribution in [0.4, 0.5) is 0 Å². The molecule has 3 nitrogen and oxygen atoms in total. The van der Waals surface area contributed by atoms with Crippen molar-refractivity contribution in [2.24, 2.45) is 0 Å². The highest BCUT2D eigenvalue weighted by molar-refractivity contribution is 5.83. The number of carbonyl (C=O) groups excluding carboxylic acids is 1. The molecule has 0 saturated heterocycles. The first-order chi connectivity index (χ1) is 8.31. The first kappa shape index (κ1) is 14.7. The number of hydrogen-bond donors (Lipinski definition) is 1. The molecular weight excluding hydrogens is 226 g/mol. The van der Waals surface area contributed by atoms with E-state index in [4.69, 9.17) is 4.74 Å². The quantitative estimate of drug-likeness (QED) is 0.871. The van der Waals surface area contributed by atoms with Crippen molar-refractivity contribution in [3.8, 4) is 5.75 Å². The molecule has 0 spiro atoms. The van der Waals surface area contributed by atoms with Gasteiger partial charge in [0.05, 0.1) is 13.7 Å². The average molecular weight is 249 g/mol. The summed E-state index contributed by atoms with van der Waals surface area (Å²) in [6.45, 7) is 8.55. The van der Waals surface area contributed by atoms with Gasteiger partial charge in [-0.15, -0.1) is 0 Å². The zero-order chi connectivity index (χ0) is 13.8. The maximum atomic E-state index is 11.9. The molecule has 0 fully saturated rings. The number of benzene rings is 1. The van der Waals surface area contributed by atoms with E-state index in [9.17, 15) is 4.79 Å². The molecule has 1 aromatic rings. The highest BCUT2D eigenvalue weighted by Crippen LogP contribution is 2.20. The molecule has 0 atom stereocenters. The average Bonchev–Trinajstić information content (AvgIpc) is 2.26. The van der Waals surface area contributed by atoms with E-state index in [2.05, 4.69) is 5.32 Å². The van der Waals surface area contributed by atoms with Crippen molar-refractivity contribution in [2.75, 3.05) is 13.7 Å². The third-order valence-electron chi connectivity index (χ3n) is 2.64. The van der Waals surface area contributed by atoms with Crippen molar-refractivity contribution in [1.82, 2.24) is 5.32 Å². The fourth-order valence-corrected chi connectivity index (χ4v) is 1.68. The van der Waals surface area contributed by atoms with Gasteiger partial charge in [0.1, 0.15) is 5.75 Å². The molecule has 0 radical (unpaired) electrons. The van der Waals surface area contributed by atoms with Crippen LogP contribution < -0.4 is 10.1 Å². The molecule has 1 aromatic carbocycles. The van der Waals surface area contributed by atoms with E-state index < -0.39 is 0 Å². The van der Waals surface area contributed by atoms with Crippen molar-refractivity contribution in [3.05, 3.63) is 29.3 Å². The van der Waals surface area contributed by atoms with Gasteiger partial charge in [-0.2, -0.15) is 0 Å². The highest BCUT2D eigenvalue weighted by Gasteiger charge is 2.13. The maximum Gasteiger partial charge on any atom is 0.151 e. The summed E-state index contributed by atoms with van der Waals surface area (Å²) in [5.74, 6) is 0.957. The standard InChI is InChI=1S/C15H23NO2/c1-11-6-7-14(18-5)12(8-11)9-13(17)10-16-15(2,3)4/h6-8,16H,9-10H2,1-5H3. The summed E-state index contributed by atoms with van der Waals surface area (Å²) in [6, 6.07) is 5.91. The third kappa shape index (κ3) is 4.88. The van der Waals surface area contributed by atoms with Gasteiger partial charge in [-0.1, -0.05) is 17.7 Å². The van der Waals surface area contributed by atoms with Crippen molar-refractivity contribution in [1.29, 1.82) is 0 Å². The monoisotopic (exact) mass is 249 g/mol. The van der Waals surface area contributed by atoms with E-state index in [1.54, 1.807) is 7.11 Å². The Morgan fingerprint density at radius 3 is 2.56 bits per heavy atom. The molecule has 0 heterocycles. The number of methoxy groups -OCH3 is 1. The van der Waals surface area contributed by atoms with E-state index in [0.29, 0.717) is 13.0 Å². The van der Waals surface area contributed by atoms with Gasteiger partial charge in [0, 0.05) is 17.5 Å². The van der Waals surface area contributed by atoms with Crippen LogP contribution in [0, 0.1) is 6.92 Å². The Balaban J connectivity index is 2.66. The fraction of sp³-hybridized carbons (Fsp3) is 0.533. The smallest absolute Gasteiger partial charge is 0.151 e. The number of ketones is 1. The molecule has 0 saturated carbocycles. The number of hydrogen-bond acceptors (Lipinski definition) is 3. The lowest BCUT2D eigenvalue weighted by Gasteiger charge is -2.20. The highest BCUT2D eigenvalue weighted by atomic mass is 16.5. The predicted molar refractivity (Wildman–Crippen MR) is 74.2 cm³/mol. The van der Waals surface area contributed by atoms with Gasteiger partial charge in [0.2, 0.25) is 0 Å². The lowest BCUT2D eigenvalue weighted by atomic mass is 10.0. The second kappa shape index (κ2) is 6.01. The number of nitrogens with one attached hydrogen (secondary N) is 1. The number of Topliss-reactive ketones (excluding diaryl/α,β-unsaturated/α-hetero) is 1. The Kier molecular flexibility index (Phi) is 4.91. The summed E-state index contributed by atoms with van der Waals surface area (Å²) in [4.78, 5) is 11.9. The molecule has 0 amide bonds. The topological polar surface area (TPSA) is 38.3 Å². The predicted octanol–water partition coefficient (Wildman–Crippen LogP) is 2.50. The van der Waals surface area contributed by atoms with Crippen molar-refractivity contribution in [2.45, 2.75) is 39.7 Å². The van der Waals surface area contributed by atoms with Crippen LogP contribution >= 0.6 is 0 Å². The molecule has 0 aromatic heterocycles. The number of rotatable bonds is 5. The Morgan fingerprint density at radius 1 is 1.33 bits per heavy atom. The summed E-state index contributed by atoms with van der Waals surface area (Å²) in [7, 11) is 1.63. The van der Waals surface area contributed by atoms with Crippen LogP contribution in [0.3, 0.4) is 0 Å². The van der Waals surface area contributed by atoms with E-state index in [-0.39, 0.29) is 11.3 Å². The molecule has 1 N–H and O–H groups in total. The van der Waals surface area contributed by atoms with E-state index >= 15 is 0 Å². The summed E-state index contributed by atoms with van der Waals surface area (Å²) in [5.41, 5.74) is 2.06. The second-order valence-electron chi connectivity index (χ2n) is 5.63. The lowest BCUT2D eigenvalue weighted by Crippen LogP contribution is -2.39. The first-order valence-corrected chi connectivity index (χ1v) is 6.22. The van der Waals surface area contributed by atoms with Gasteiger partial charge in [0.15, 0.2) is 5.78 Å². The van der Waals surface area contributed by atoms with Crippen LogP contribution in [0.15, 0.2) is 18.2 Å². The molecule has 0 unspecified atom stereocenters. The number of aryl methyl sites for hydroxylation is 1. The lowest BCUT2D eigenvalue weighted by molar-refractivity contribution is -0.117. The zero-order valence-corrected chi connectivity index (χ0v) is 12.0. The minimum Gasteiger partial charge on any atom is -0.496 e. The third-order valence-corrected chi connectivity index (χ3v) is 2.64. The van der Waals surface area contributed by atoms with Crippen molar-refractivity contribution >= 4 is 5.78 Å². The van der Waals surface area contributed by atoms with Gasteiger partial charge < -0.3 is 10.1 Å². The number of ether oxygens (including phenoxy) is 1. The maximum absolute atomic E-state index is 11.9. The molecule has 0 aliphatic carbocycles. The minimum atomic E-state index is -0.0354. The van der Waals surface area contributed by atoms with Gasteiger partial charge in [0.25, 0.3) is 0 Å². The van der Waals surface area contributed by atoms with Gasteiger partial charge in [-0.05, 0) is 33.8 Å². The largest absolute Gasteiger partial charge is 0.496 e. The van der Waals surface area contributed by atoms with Gasteiger partial charge in [-0.3, -0.25) is 4.79 Å². The molecular formula is C15H23NO2. The van der Waals surface area contributed by atoms with Crippen molar-refractivity contribution < 1.29 is 9.53 Å². The Bertz CT molecular complexity index is 419. The Labute approximate surface area is 110 Å². The SMILES string of the molecule is COc1ccc(C)cc1CC(=O)CNC(C)(C)C. The van der Waals surface area contributed by atoms with Crippen LogP contribution in [0.5, 0.6) is 5.75 Å². The summed E-state index contributed by atoms with van der Waals surface area (Å²) < 4.78 is 5.27. The van der Waals surface area contributed by atoms with Crippen LogP contribution in [0.2, 0.25) is 0 Å². The Morgan fingerprint density at radius 2 is 2.00 bits per heavy atom. The first-order valence-electron chi connectivity index (χ1n) is 6.22. The fourth-order valence-electron chi connectivity index (χ4n) is 1.68. The summed E-state index contributed by atoms with van der Waals surface area (Å²) >= 11 is 0. The van der Waals surface area contributed by atoms with Gasteiger partial charge in [-0.25, -0.2) is 0 Å². The van der Waals surface area contributed by atoms with E-state index in [0.717, 1.165) is 16.9 Å². The van der Waals surface area contributed by atoms with Crippen LogP contribution in [-0.2, 0) is 11.2 Å². The summed E-state index contributed by atoms with van der Waals surface area (Å²) in [5, 5.41) is 3.20. The molecule has 100 valence electrons. The Hall–Kier alpha value is -1.35. The van der Waals surface area contributed by atoms with E-state index in [1.807, 2.05) is 45.9 Å². The second-order valence-corrected chi connectivity index (χ2v) is 5.63. The molecule has 18 heavy (non-hydrogen) atoms. The number of carbonyl (C=O) groups is 1. The van der Waals surface area contributed by atoms with E-state index in [1.165, 1.54) is 0 Å². The minimum absolute atomic E-state index is 0.0354. The van der Waals surface area contributed by atoms with Crippen LogP contribution in [0.25, 0.3) is 0 Å². The molecule has 0 bridgehead atoms. The molecule has 0 aliphatic heterocycles. The molecule has 0 aliphatic rings. The molecule has 1 rings (SSSR count). The summed E-state index contributed by atoms with van der Waals surface area (Å²) in [6.07, 6.45) is 0.411.